The van der Waals surface area contributed by atoms with Gasteiger partial charge in [-0.05, 0) is 31.9 Å². The lowest BCUT2D eigenvalue weighted by Crippen LogP contribution is -2.30. The number of phenols is 1. The van der Waals surface area contributed by atoms with E-state index in [0.717, 1.165) is 19.4 Å². The smallest absolute Gasteiger partial charge is 0.253 e. The maximum atomic E-state index is 11.9. The van der Waals surface area contributed by atoms with E-state index in [-0.39, 0.29) is 17.8 Å². The van der Waals surface area contributed by atoms with Gasteiger partial charge in [0.25, 0.3) is 5.91 Å². The molecule has 1 aliphatic rings. The first-order valence-corrected chi connectivity index (χ1v) is 6.49. The molecule has 5 heteroatoms. The van der Waals surface area contributed by atoms with Crippen molar-refractivity contribution in [1.82, 2.24) is 0 Å². The molecule has 0 spiro atoms. The largest absolute Gasteiger partial charge is 0.506 e. The molecule has 5 nitrogen and oxygen atoms in total. The molecule has 1 aromatic carbocycles. The summed E-state index contributed by atoms with van der Waals surface area (Å²) in [6, 6.07) is 6.60. The number of carbonyl (C=O) groups is 1. The van der Waals surface area contributed by atoms with Gasteiger partial charge in [0.05, 0.1) is 18.4 Å². The second-order valence-corrected chi connectivity index (χ2v) is 4.62. The van der Waals surface area contributed by atoms with Crippen molar-refractivity contribution < 1.29 is 19.4 Å². The maximum absolute atomic E-state index is 11.9. The number of amides is 1. The minimum absolute atomic E-state index is 0.0437. The number of benzene rings is 1. The van der Waals surface area contributed by atoms with E-state index in [1.165, 1.54) is 6.07 Å². The van der Waals surface area contributed by atoms with Crippen molar-refractivity contribution in [1.29, 1.82) is 0 Å². The molecule has 2 rings (SSSR count). The van der Waals surface area contributed by atoms with Crippen LogP contribution in [0, 0.1) is 0 Å². The molecule has 0 saturated carbocycles. The Hall–Kier alpha value is -1.59. The third-order valence-electron chi connectivity index (χ3n) is 3.09. The SMILES string of the molecule is CC(OCC1CCCO1)C(=O)Nc1ccccc1O. The van der Waals surface area contributed by atoms with E-state index < -0.39 is 6.10 Å². The lowest BCUT2D eigenvalue weighted by atomic mass is 10.2. The number of phenolic OH excluding ortho intramolecular Hbond substituents is 1. The van der Waals surface area contributed by atoms with Gasteiger partial charge in [-0.2, -0.15) is 0 Å². The van der Waals surface area contributed by atoms with Crippen molar-refractivity contribution in [2.24, 2.45) is 0 Å². The minimum atomic E-state index is -0.580. The molecule has 0 aliphatic carbocycles. The Kier molecular flexibility index (Phi) is 4.76. The average Bonchev–Trinajstić information content (AvgIpc) is 2.91. The second-order valence-electron chi connectivity index (χ2n) is 4.62. The van der Waals surface area contributed by atoms with Crippen molar-refractivity contribution in [3.63, 3.8) is 0 Å². The Balaban J connectivity index is 1.80. The zero-order valence-corrected chi connectivity index (χ0v) is 11.0. The first kappa shape index (κ1) is 13.8. The second kappa shape index (κ2) is 6.54. The van der Waals surface area contributed by atoms with Gasteiger partial charge < -0.3 is 19.9 Å². The van der Waals surface area contributed by atoms with E-state index in [1.807, 2.05) is 0 Å². The number of aromatic hydroxyl groups is 1. The van der Waals surface area contributed by atoms with Crippen molar-refractivity contribution >= 4 is 11.6 Å². The number of ether oxygens (including phenoxy) is 2. The Morgan fingerprint density at radius 1 is 1.58 bits per heavy atom. The molecule has 19 heavy (non-hydrogen) atoms. The highest BCUT2D eigenvalue weighted by Crippen LogP contribution is 2.21. The van der Waals surface area contributed by atoms with Crippen LogP contribution >= 0.6 is 0 Å². The van der Waals surface area contributed by atoms with Crippen LogP contribution in [0.1, 0.15) is 19.8 Å². The number of para-hydroxylation sites is 2. The summed E-state index contributed by atoms with van der Waals surface area (Å²) >= 11 is 0. The number of hydrogen-bond donors (Lipinski definition) is 2. The van der Waals surface area contributed by atoms with Crippen LogP contribution in [0.2, 0.25) is 0 Å². The van der Waals surface area contributed by atoms with E-state index >= 15 is 0 Å². The quantitative estimate of drug-likeness (QED) is 0.798. The monoisotopic (exact) mass is 265 g/mol. The first-order chi connectivity index (χ1) is 9.16. The van der Waals surface area contributed by atoms with Crippen LogP contribution < -0.4 is 5.32 Å². The molecule has 1 amide bonds. The van der Waals surface area contributed by atoms with Gasteiger partial charge in [-0.15, -0.1) is 0 Å². The highest BCUT2D eigenvalue weighted by atomic mass is 16.5. The summed E-state index contributed by atoms with van der Waals surface area (Å²) < 4.78 is 10.9. The fourth-order valence-electron chi connectivity index (χ4n) is 1.92. The Morgan fingerprint density at radius 2 is 2.37 bits per heavy atom. The summed E-state index contributed by atoms with van der Waals surface area (Å²) in [5.41, 5.74) is 0.389. The lowest BCUT2D eigenvalue weighted by molar-refractivity contribution is -0.128. The molecule has 104 valence electrons. The topological polar surface area (TPSA) is 67.8 Å². The molecule has 2 unspecified atom stereocenters. The number of rotatable bonds is 5. The summed E-state index contributed by atoms with van der Waals surface area (Å²) in [6.07, 6.45) is 1.55. The van der Waals surface area contributed by atoms with Gasteiger partial charge in [-0.25, -0.2) is 0 Å². The Morgan fingerprint density at radius 3 is 3.05 bits per heavy atom. The molecule has 0 radical (unpaired) electrons. The fourth-order valence-corrected chi connectivity index (χ4v) is 1.92. The van der Waals surface area contributed by atoms with Crippen molar-refractivity contribution in [3.8, 4) is 5.75 Å². The van der Waals surface area contributed by atoms with Gasteiger partial charge in [0.2, 0.25) is 0 Å². The third kappa shape index (κ3) is 3.94. The molecule has 1 aliphatic heterocycles. The normalized spacial score (nSPS) is 20.2. The summed E-state index contributed by atoms with van der Waals surface area (Å²) in [6.45, 7) is 2.88. The lowest BCUT2D eigenvalue weighted by Gasteiger charge is -2.16. The molecular weight excluding hydrogens is 246 g/mol. The number of nitrogens with one attached hydrogen (secondary N) is 1. The molecule has 2 atom stereocenters. The van der Waals surface area contributed by atoms with Crippen LogP contribution in [0.15, 0.2) is 24.3 Å². The van der Waals surface area contributed by atoms with Gasteiger partial charge in [0, 0.05) is 6.61 Å². The molecule has 1 saturated heterocycles. The zero-order chi connectivity index (χ0) is 13.7. The van der Waals surface area contributed by atoms with Crippen molar-refractivity contribution in [2.75, 3.05) is 18.5 Å². The van der Waals surface area contributed by atoms with Gasteiger partial charge in [-0.3, -0.25) is 4.79 Å². The predicted octanol–water partition coefficient (Wildman–Crippen LogP) is 1.91. The van der Waals surface area contributed by atoms with Gasteiger partial charge in [-0.1, -0.05) is 12.1 Å². The van der Waals surface area contributed by atoms with Crippen LogP contribution in [0.5, 0.6) is 5.75 Å². The van der Waals surface area contributed by atoms with E-state index in [4.69, 9.17) is 9.47 Å². The number of anilines is 1. The summed E-state index contributed by atoms with van der Waals surface area (Å²) in [7, 11) is 0. The number of hydrogen-bond acceptors (Lipinski definition) is 4. The highest BCUT2D eigenvalue weighted by Gasteiger charge is 2.20. The van der Waals surface area contributed by atoms with Crippen LogP contribution in [0.25, 0.3) is 0 Å². The molecule has 0 aromatic heterocycles. The summed E-state index contributed by atoms with van der Waals surface area (Å²) in [5.74, 6) is -0.235. The van der Waals surface area contributed by atoms with Gasteiger partial charge in [0.1, 0.15) is 11.9 Å². The highest BCUT2D eigenvalue weighted by molar-refractivity contribution is 5.95. The predicted molar refractivity (Wildman–Crippen MR) is 71.1 cm³/mol. The summed E-state index contributed by atoms with van der Waals surface area (Å²) in [4.78, 5) is 11.9. The van der Waals surface area contributed by atoms with E-state index in [0.29, 0.717) is 12.3 Å². The molecule has 2 N–H and O–H groups in total. The molecule has 1 aromatic rings. The Labute approximate surface area is 112 Å². The molecule has 1 heterocycles. The molecular formula is C14H19NO4. The van der Waals surface area contributed by atoms with Crippen molar-refractivity contribution in [3.05, 3.63) is 24.3 Å². The zero-order valence-electron chi connectivity index (χ0n) is 11.0. The van der Waals surface area contributed by atoms with E-state index in [1.54, 1.807) is 25.1 Å². The van der Waals surface area contributed by atoms with Crippen molar-refractivity contribution in [2.45, 2.75) is 32.0 Å². The van der Waals surface area contributed by atoms with Crippen LogP contribution in [-0.2, 0) is 14.3 Å². The standard InChI is InChI=1S/C14H19NO4/c1-10(19-9-11-5-4-8-18-11)14(17)15-12-6-2-3-7-13(12)16/h2-3,6-7,10-11,16H,4-5,8-9H2,1H3,(H,15,17). The van der Waals surface area contributed by atoms with Crippen LogP contribution in [0.3, 0.4) is 0 Å². The minimum Gasteiger partial charge on any atom is -0.506 e. The summed E-state index contributed by atoms with van der Waals surface area (Å²) in [5, 5.41) is 12.2. The van der Waals surface area contributed by atoms with Crippen LogP contribution in [-0.4, -0.2) is 36.4 Å². The third-order valence-corrected chi connectivity index (χ3v) is 3.09. The first-order valence-electron chi connectivity index (χ1n) is 6.49. The molecule has 0 bridgehead atoms. The van der Waals surface area contributed by atoms with Crippen LogP contribution in [0.4, 0.5) is 5.69 Å². The van der Waals surface area contributed by atoms with E-state index in [2.05, 4.69) is 5.32 Å². The van der Waals surface area contributed by atoms with E-state index in [9.17, 15) is 9.90 Å². The average molecular weight is 265 g/mol. The van der Waals surface area contributed by atoms with Gasteiger partial charge >= 0.3 is 0 Å². The number of carbonyl (C=O) groups excluding carboxylic acids is 1. The molecule has 1 fully saturated rings. The van der Waals surface area contributed by atoms with Gasteiger partial charge in [0.15, 0.2) is 0 Å². The Bertz CT molecular complexity index is 429. The maximum Gasteiger partial charge on any atom is 0.253 e. The fraction of sp³-hybridized carbons (Fsp3) is 0.500.